The van der Waals surface area contributed by atoms with Crippen LogP contribution in [0, 0.1) is 5.41 Å². The molecule has 14 heavy (non-hydrogen) atoms. The molecule has 2 aliphatic heterocycles. The summed E-state index contributed by atoms with van der Waals surface area (Å²) in [6, 6.07) is 0.361. The van der Waals surface area contributed by atoms with Gasteiger partial charge in [0.05, 0.1) is 5.41 Å². The third-order valence-corrected chi connectivity index (χ3v) is 3.64. The molecular formula is C11H20N2O. The molecule has 80 valence electrons. The van der Waals surface area contributed by atoms with Gasteiger partial charge in [0.2, 0.25) is 5.91 Å². The zero-order valence-corrected chi connectivity index (χ0v) is 9.18. The number of hydrogen-bond acceptors (Lipinski definition) is 2. The van der Waals surface area contributed by atoms with Gasteiger partial charge < -0.3 is 10.2 Å². The monoisotopic (exact) mass is 196 g/mol. The quantitative estimate of drug-likeness (QED) is 0.678. The number of nitrogens with zero attached hydrogens (tertiary/aromatic N) is 1. The van der Waals surface area contributed by atoms with Gasteiger partial charge in [-0.05, 0) is 39.7 Å². The van der Waals surface area contributed by atoms with Gasteiger partial charge >= 0.3 is 0 Å². The van der Waals surface area contributed by atoms with Gasteiger partial charge in [-0.2, -0.15) is 0 Å². The van der Waals surface area contributed by atoms with E-state index in [4.69, 9.17) is 0 Å². The van der Waals surface area contributed by atoms with Crippen LogP contribution in [0.2, 0.25) is 0 Å². The number of carbonyl (C=O) groups excluding carboxylic acids is 1. The van der Waals surface area contributed by atoms with E-state index in [1.165, 1.54) is 6.42 Å². The number of nitrogens with one attached hydrogen (secondary N) is 1. The Hall–Kier alpha value is -0.570. The highest BCUT2D eigenvalue weighted by Crippen LogP contribution is 2.37. The maximum atomic E-state index is 12.3. The first-order valence-electron chi connectivity index (χ1n) is 5.67. The lowest BCUT2D eigenvalue weighted by Gasteiger charge is -2.41. The van der Waals surface area contributed by atoms with Crippen molar-refractivity contribution >= 4 is 5.91 Å². The highest BCUT2D eigenvalue weighted by atomic mass is 16.2. The smallest absolute Gasteiger partial charge is 0.230 e. The summed E-state index contributed by atoms with van der Waals surface area (Å²) in [7, 11) is 0. The Morgan fingerprint density at radius 2 is 2.21 bits per heavy atom. The first-order valence-corrected chi connectivity index (χ1v) is 5.67. The summed E-state index contributed by atoms with van der Waals surface area (Å²) in [5.74, 6) is 0.392. The van der Waals surface area contributed by atoms with E-state index in [-0.39, 0.29) is 5.41 Å². The van der Waals surface area contributed by atoms with Crippen LogP contribution in [-0.2, 0) is 4.79 Å². The zero-order chi connectivity index (χ0) is 10.2. The number of rotatable bonds is 1. The van der Waals surface area contributed by atoms with Crippen LogP contribution in [0.5, 0.6) is 0 Å². The van der Waals surface area contributed by atoms with Crippen molar-refractivity contribution in [3.63, 3.8) is 0 Å². The van der Waals surface area contributed by atoms with Gasteiger partial charge in [0.25, 0.3) is 0 Å². The molecule has 1 spiro atoms. The van der Waals surface area contributed by atoms with Crippen molar-refractivity contribution in [1.29, 1.82) is 0 Å². The molecule has 0 aromatic carbocycles. The Balaban J connectivity index is 2.16. The van der Waals surface area contributed by atoms with Crippen LogP contribution >= 0.6 is 0 Å². The van der Waals surface area contributed by atoms with Crippen molar-refractivity contribution in [1.82, 2.24) is 10.2 Å². The molecule has 1 N–H and O–H groups in total. The molecular weight excluding hydrogens is 176 g/mol. The molecule has 0 saturated carbocycles. The summed E-state index contributed by atoms with van der Waals surface area (Å²) >= 11 is 0. The van der Waals surface area contributed by atoms with Crippen LogP contribution in [0.15, 0.2) is 0 Å². The highest BCUT2D eigenvalue weighted by molar-refractivity contribution is 5.84. The summed E-state index contributed by atoms with van der Waals surface area (Å²) < 4.78 is 0. The second-order valence-electron chi connectivity index (χ2n) is 4.90. The Bertz CT molecular complexity index is 231. The maximum absolute atomic E-state index is 12.3. The van der Waals surface area contributed by atoms with E-state index >= 15 is 0 Å². The van der Waals surface area contributed by atoms with Gasteiger partial charge in [0.1, 0.15) is 0 Å². The maximum Gasteiger partial charge on any atom is 0.230 e. The molecule has 0 aromatic heterocycles. The van der Waals surface area contributed by atoms with Gasteiger partial charge in [-0.3, -0.25) is 4.79 Å². The SMILES string of the molecule is CC(C)N1CCCC2(CCNC2)C1=O. The van der Waals surface area contributed by atoms with Crippen LogP contribution in [0.3, 0.4) is 0 Å². The topological polar surface area (TPSA) is 32.3 Å². The van der Waals surface area contributed by atoms with Gasteiger partial charge in [-0.1, -0.05) is 0 Å². The second-order valence-corrected chi connectivity index (χ2v) is 4.90. The molecule has 3 heteroatoms. The lowest BCUT2D eigenvalue weighted by atomic mass is 9.78. The lowest BCUT2D eigenvalue weighted by Crippen LogP contribution is -2.52. The fourth-order valence-corrected chi connectivity index (χ4v) is 2.73. The molecule has 2 fully saturated rings. The average molecular weight is 196 g/mol. The average Bonchev–Trinajstić information content (AvgIpc) is 2.59. The predicted octanol–water partition coefficient (Wildman–Crippen LogP) is 0.997. The number of likely N-dealkylation sites (tertiary alicyclic amines) is 1. The van der Waals surface area contributed by atoms with Crippen molar-refractivity contribution in [2.24, 2.45) is 5.41 Å². The van der Waals surface area contributed by atoms with Crippen molar-refractivity contribution < 1.29 is 4.79 Å². The Morgan fingerprint density at radius 3 is 2.79 bits per heavy atom. The molecule has 2 saturated heterocycles. The minimum atomic E-state index is -0.0392. The minimum absolute atomic E-state index is 0.0392. The highest BCUT2D eigenvalue weighted by Gasteiger charge is 2.46. The summed E-state index contributed by atoms with van der Waals surface area (Å²) in [6.45, 7) is 7.09. The van der Waals surface area contributed by atoms with Crippen molar-refractivity contribution in [2.75, 3.05) is 19.6 Å². The normalized spacial score (nSPS) is 33.4. The third kappa shape index (κ3) is 1.44. The summed E-state index contributed by atoms with van der Waals surface area (Å²) in [6.07, 6.45) is 3.29. The first kappa shape index (κ1) is 9.97. The van der Waals surface area contributed by atoms with Crippen molar-refractivity contribution in [2.45, 2.75) is 39.2 Å². The van der Waals surface area contributed by atoms with Crippen LogP contribution in [-0.4, -0.2) is 36.5 Å². The zero-order valence-electron chi connectivity index (χ0n) is 9.18. The van der Waals surface area contributed by atoms with Gasteiger partial charge in [-0.25, -0.2) is 0 Å². The molecule has 3 nitrogen and oxygen atoms in total. The van der Waals surface area contributed by atoms with E-state index < -0.39 is 0 Å². The molecule has 1 amide bonds. The van der Waals surface area contributed by atoms with E-state index in [9.17, 15) is 4.79 Å². The molecule has 2 heterocycles. The molecule has 0 radical (unpaired) electrons. The summed E-state index contributed by atoms with van der Waals surface area (Å²) in [5, 5.41) is 3.33. The van der Waals surface area contributed by atoms with E-state index in [1.807, 2.05) is 0 Å². The fourth-order valence-electron chi connectivity index (χ4n) is 2.73. The molecule has 2 aliphatic rings. The van der Waals surface area contributed by atoms with Crippen LogP contribution < -0.4 is 5.32 Å². The molecule has 0 aromatic rings. The molecule has 1 unspecified atom stereocenters. The van der Waals surface area contributed by atoms with Crippen molar-refractivity contribution in [3.8, 4) is 0 Å². The van der Waals surface area contributed by atoms with Crippen LogP contribution in [0.1, 0.15) is 33.1 Å². The third-order valence-electron chi connectivity index (χ3n) is 3.64. The largest absolute Gasteiger partial charge is 0.340 e. The molecule has 2 rings (SSSR count). The number of amides is 1. The van der Waals surface area contributed by atoms with E-state index in [2.05, 4.69) is 24.1 Å². The number of hydrogen-bond donors (Lipinski definition) is 1. The molecule has 0 aliphatic carbocycles. The lowest BCUT2D eigenvalue weighted by molar-refractivity contribution is -0.147. The standard InChI is InChI=1S/C11H20N2O/c1-9(2)13-7-3-4-11(10(13)14)5-6-12-8-11/h9,12H,3-8H2,1-2H3. The first-order chi connectivity index (χ1) is 6.66. The predicted molar refractivity (Wildman–Crippen MR) is 56.0 cm³/mol. The van der Waals surface area contributed by atoms with Crippen LogP contribution in [0.4, 0.5) is 0 Å². The minimum Gasteiger partial charge on any atom is -0.340 e. The van der Waals surface area contributed by atoms with E-state index in [0.717, 1.165) is 32.5 Å². The fraction of sp³-hybridized carbons (Fsp3) is 0.909. The summed E-state index contributed by atoms with van der Waals surface area (Å²) in [4.78, 5) is 14.3. The van der Waals surface area contributed by atoms with E-state index in [1.54, 1.807) is 0 Å². The van der Waals surface area contributed by atoms with Gasteiger partial charge in [0, 0.05) is 19.1 Å². The van der Waals surface area contributed by atoms with Gasteiger partial charge in [0.15, 0.2) is 0 Å². The second kappa shape index (κ2) is 3.54. The van der Waals surface area contributed by atoms with E-state index in [0.29, 0.717) is 11.9 Å². The van der Waals surface area contributed by atoms with Crippen LogP contribution in [0.25, 0.3) is 0 Å². The summed E-state index contributed by atoms with van der Waals surface area (Å²) in [5.41, 5.74) is -0.0392. The van der Waals surface area contributed by atoms with Crippen molar-refractivity contribution in [3.05, 3.63) is 0 Å². The number of piperidine rings is 1. The Morgan fingerprint density at radius 1 is 1.43 bits per heavy atom. The Labute approximate surface area is 85.8 Å². The Kier molecular flexibility index (Phi) is 2.52. The molecule has 1 atom stereocenters. The number of carbonyl (C=O) groups is 1. The molecule has 0 bridgehead atoms. The van der Waals surface area contributed by atoms with Gasteiger partial charge in [-0.15, -0.1) is 0 Å².